The molecule has 3 nitrogen and oxygen atoms in total. The zero-order chi connectivity index (χ0) is 7.44. The molecule has 0 fully saturated rings. The predicted octanol–water partition coefficient (Wildman–Crippen LogP) is 0.578. The standard InChI is InChI=1S/C5H8ClNO2/c1-4(8)3-5(9)7(2)6/h3H2,1-2H3. The molecule has 4 heteroatoms. The van der Waals surface area contributed by atoms with Gasteiger partial charge in [0, 0.05) is 18.8 Å². The average molecular weight is 150 g/mol. The number of carbonyl (C=O) groups excluding carboxylic acids is 2. The fourth-order valence-electron chi connectivity index (χ4n) is 0.322. The van der Waals surface area contributed by atoms with Gasteiger partial charge in [-0.3, -0.25) is 14.0 Å². The van der Waals surface area contributed by atoms with Crippen molar-refractivity contribution in [1.29, 1.82) is 0 Å². The molecular formula is C5H8ClNO2. The lowest BCUT2D eigenvalue weighted by atomic mass is 10.3. The number of rotatable bonds is 2. The van der Waals surface area contributed by atoms with Crippen LogP contribution in [0.5, 0.6) is 0 Å². The number of amides is 1. The Morgan fingerprint density at radius 1 is 1.56 bits per heavy atom. The third-order valence-corrected chi connectivity index (χ3v) is 0.932. The molecule has 0 rings (SSSR count). The van der Waals surface area contributed by atoms with Gasteiger partial charge in [-0.25, -0.2) is 0 Å². The molecule has 0 spiro atoms. The van der Waals surface area contributed by atoms with Gasteiger partial charge < -0.3 is 0 Å². The van der Waals surface area contributed by atoms with Gasteiger partial charge in [0.25, 0.3) is 0 Å². The Balaban J connectivity index is 3.64. The maximum atomic E-state index is 10.5. The first-order chi connectivity index (χ1) is 4.04. The highest BCUT2D eigenvalue weighted by Crippen LogP contribution is 1.93. The fourth-order valence-corrected chi connectivity index (χ4v) is 0.382. The quantitative estimate of drug-likeness (QED) is 0.426. The number of hydrogen-bond donors (Lipinski definition) is 0. The Morgan fingerprint density at radius 2 is 2.00 bits per heavy atom. The first kappa shape index (κ1) is 8.43. The third kappa shape index (κ3) is 3.97. The third-order valence-electron chi connectivity index (χ3n) is 0.744. The van der Waals surface area contributed by atoms with Crippen LogP contribution in [0.3, 0.4) is 0 Å². The Bertz CT molecular complexity index is 133. The zero-order valence-corrected chi connectivity index (χ0v) is 6.10. The molecule has 0 aliphatic rings. The van der Waals surface area contributed by atoms with Crippen molar-refractivity contribution >= 4 is 23.5 Å². The molecule has 0 aromatic heterocycles. The summed E-state index contributed by atoms with van der Waals surface area (Å²) < 4.78 is 0.876. The SMILES string of the molecule is CC(=O)CC(=O)N(C)Cl. The van der Waals surface area contributed by atoms with Gasteiger partial charge in [0.05, 0.1) is 6.42 Å². The van der Waals surface area contributed by atoms with E-state index in [2.05, 4.69) is 0 Å². The summed E-state index contributed by atoms with van der Waals surface area (Å²) in [6, 6.07) is 0. The van der Waals surface area contributed by atoms with E-state index in [0.717, 1.165) is 4.42 Å². The van der Waals surface area contributed by atoms with Crippen molar-refractivity contribution < 1.29 is 9.59 Å². The van der Waals surface area contributed by atoms with Crippen molar-refractivity contribution in [3.8, 4) is 0 Å². The second-order valence-electron chi connectivity index (χ2n) is 1.75. The molecule has 0 heterocycles. The van der Waals surface area contributed by atoms with Crippen molar-refractivity contribution in [3.63, 3.8) is 0 Å². The monoisotopic (exact) mass is 149 g/mol. The van der Waals surface area contributed by atoms with Crippen molar-refractivity contribution in [3.05, 3.63) is 0 Å². The van der Waals surface area contributed by atoms with Crippen LogP contribution in [0, 0.1) is 0 Å². The maximum Gasteiger partial charge on any atom is 0.244 e. The zero-order valence-electron chi connectivity index (χ0n) is 5.35. The largest absolute Gasteiger partial charge is 0.299 e. The molecule has 0 aromatic rings. The molecule has 0 unspecified atom stereocenters. The van der Waals surface area contributed by atoms with Crippen molar-refractivity contribution in [2.45, 2.75) is 13.3 Å². The molecule has 52 valence electrons. The van der Waals surface area contributed by atoms with Crippen molar-refractivity contribution in [2.75, 3.05) is 7.05 Å². The van der Waals surface area contributed by atoms with Gasteiger partial charge >= 0.3 is 0 Å². The molecule has 0 N–H and O–H groups in total. The molecule has 0 saturated heterocycles. The van der Waals surface area contributed by atoms with Crippen LogP contribution in [0.4, 0.5) is 0 Å². The maximum absolute atomic E-state index is 10.5. The summed E-state index contributed by atoms with van der Waals surface area (Å²) in [6.07, 6.45) is -0.111. The van der Waals surface area contributed by atoms with Gasteiger partial charge in [-0.05, 0) is 6.92 Å². The highest BCUT2D eigenvalue weighted by atomic mass is 35.5. The number of halogens is 1. The van der Waals surface area contributed by atoms with E-state index < -0.39 is 0 Å². The van der Waals surface area contributed by atoms with Crippen LogP contribution in [0.2, 0.25) is 0 Å². The molecule has 0 aromatic carbocycles. The topological polar surface area (TPSA) is 37.4 Å². The number of nitrogens with zero attached hydrogens (tertiary/aromatic N) is 1. The van der Waals surface area contributed by atoms with Crippen LogP contribution in [0.25, 0.3) is 0 Å². The second-order valence-corrected chi connectivity index (χ2v) is 2.26. The van der Waals surface area contributed by atoms with Crippen LogP contribution < -0.4 is 0 Å². The number of ketones is 1. The van der Waals surface area contributed by atoms with Gasteiger partial charge in [-0.1, -0.05) is 0 Å². The van der Waals surface area contributed by atoms with Crippen LogP contribution in [0.1, 0.15) is 13.3 Å². The smallest absolute Gasteiger partial charge is 0.244 e. The molecular weight excluding hydrogens is 142 g/mol. The molecule has 0 radical (unpaired) electrons. The molecule has 0 aliphatic heterocycles. The normalized spacial score (nSPS) is 8.78. The summed E-state index contributed by atoms with van der Waals surface area (Å²) in [4.78, 5) is 20.8. The Labute approximate surface area is 58.7 Å². The molecule has 9 heavy (non-hydrogen) atoms. The number of carbonyl (C=O) groups is 2. The summed E-state index contributed by atoms with van der Waals surface area (Å²) >= 11 is 5.20. The number of Topliss-reactive ketones (excluding diaryl/α,β-unsaturated/α-hetero) is 1. The van der Waals surface area contributed by atoms with E-state index >= 15 is 0 Å². The van der Waals surface area contributed by atoms with Gasteiger partial charge in [-0.2, -0.15) is 0 Å². The van der Waals surface area contributed by atoms with Gasteiger partial charge in [0.2, 0.25) is 5.91 Å². The first-order valence-corrected chi connectivity index (χ1v) is 2.79. The highest BCUT2D eigenvalue weighted by molar-refractivity contribution is 6.22. The second kappa shape index (κ2) is 3.45. The lowest BCUT2D eigenvalue weighted by Crippen LogP contribution is -2.18. The minimum Gasteiger partial charge on any atom is -0.299 e. The summed E-state index contributed by atoms with van der Waals surface area (Å²) in [7, 11) is 1.40. The van der Waals surface area contributed by atoms with Crippen LogP contribution in [-0.4, -0.2) is 23.2 Å². The van der Waals surface area contributed by atoms with E-state index in [4.69, 9.17) is 11.8 Å². The van der Waals surface area contributed by atoms with Crippen molar-refractivity contribution in [1.82, 2.24) is 4.42 Å². The lowest BCUT2D eigenvalue weighted by molar-refractivity contribution is -0.130. The Hall–Kier alpha value is -0.570. The highest BCUT2D eigenvalue weighted by Gasteiger charge is 2.07. The molecule has 0 atom stereocenters. The minimum absolute atomic E-state index is 0.111. The van der Waals surface area contributed by atoms with E-state index in [1.807, 2.05) is 0 Å². The Kier molecular flexibility index (Phi) is 3.24. The molecule has 1 amide bonds. The average Bonchev–Trinajstić information content (AvgIpc) is 1.63. The van der Waals surface area contributed by atoms with Gasteiger partial charge in [0.1, 0.15) is 5.78 Å². The molecule has 0 bridgehead atoms. The molecule has 0 saturated carbocycles. The van der Waals surface area contributed by atoms with Gasteiger partial charge in [0.15, 0.2) is 0 Å². The van der Waals surface area contributed by atoms with E-state index in [-0.39, 0.29) is 18.1 Å². The van der Waals surface area contributed by atoms with E-state index in [1.165, 1.54) is 14.0 Å². The predicted molar refractivity (Wildman–Crippen MR) is 33.9 cm³/mol. The van der Waals surface area contributed by atoms with E-state index in [1.54, 1.807) is 0 Å². The minimum atomic E-state index is -0.371. The summed E-state index contributed by atoms with van der Waals surface area (Å²) in [6.45, 7) is 1.35. The van der Waals surface area contributed by atoms with E-state index in [0.29, 0.717) is 0 Å². The number of hydrogen-bond acceptors (Lipinski definition) is 2. The Morgan fingerprint density at radius 3 is 2.11 bits per heavy atom. The van der Waals surface area contributed by atoms with E-state index in [9.17, 15) is 9.59 Å². The summed E-state index contributed by atoms with van der Waals surface area (Å²) in [5.41, 5.74) is 0. The summed E-state index contributed by atoms with van der Waals surface area (Å²) in [5, 5.41) is 0. The van der Waals surface area contributed by atoms with Crippen LogP contribution in [-0.2, 0) is 9.59 Å². The van der Waals surface area contributed by atoms with Crippen molar-refractivity contribution in [2.24, 2.45) is 0 Å². The van der Waals surface area contributed by atoms with Crippen LogP contribution in [0.15, 0.2) is 0 Å². The fraction of sp³-hybridized carbons (Fsp3) is 0.600. The first-order valence-electron chi connectivity index (χ1n) is 2.46. The van der Waals surface area contributed by atoms with Crippen LogP contribution >= 0.6 is 11.8 Å². The lowest BCUT2D eigenvalue weighted by Gasteiger charge is -2.02. The summed E-state index contributed by atoms with van der Waals surface area (Å²) in [5.74, 6) is -0.545. The molecule has 0 aliphatic carbocycles. The van der Waals surface area contributed by atoms with Gasteiger partial charge in [-0.15, -0.1) is 0 Å².